The molecule has 1 aromatic rings. The molecule has 90 valence electrons. The van der Waals surface area contributed by atoms with Gasteiger partial charge >= 0.3 is 0 Å². The van der Waals surface area contributed by atoms with Crippen molar-refractivity contribution in [3.8, 4) is 0 Å². The molecule has 0 bridgehead atoms. The summed E-state index contributed by atoms with van der Waals surface area (Å²) in [5, 5.41) is 3.72. The lowest BCUT2D eigenvalue weighted by Gasteiger charge is -2.30. The Hall–Kier alpha value is -0.450. The van der Waals surface area contributed by atoms with E-state index in [0.29, 0.717) is 5.54 Å². The topological polar surface area (TPSA) is 34.1 Å². The van der Waals surface area contributed by atoms with Crippen LogP contribution in [-0.2, 0) is 11.3 Å². The van der Waals surface area contributed by atoms with Crippen LogP contribution in [0.25, 0.3) is 0 Å². The lowest BCUT2D eigenvalue weighted by atomic mass is 9.93. The molecule has 0 unspecified atom stereocenters. The van der Waals surface area contributed by atoms with E-state index in [1.54, 1.807) is 18.4 Å². The zero-order valence-corrected chi connectivity index (χ0v) is 10.7. The normalized spacial score (nSPS) is 19.1. The number of nitrogens with zero attached hydrogens (tertiary/aromatic N) is 1. The van der Waals surface area contributed by atoms with Crippen LogP contribution in [-0.4, -0.2) is 24.2 Å². The van der Waals surface area contributed by atoms with Gasteiger partial charge in [-0.15, -0.1) is 11.3 Å². The summed E-state index contributed by atoms with van der Waals surface area (Å²) in [6, 6.07) is 0. The molecule has 1 aromatic heterocycles. The van der Waals surface area contributed by atoms with Gasteiger partial charge in [0.25, 0.3) is 0 Å². The Balaban J connectivity index is 1.87. The van der Waals surface area contributed by atoms with E-state index in [1.807, 2.05) is 11.7 Å². The molecule has 16 heavy (non-hydrogen) atoms. The SMILES string of the molecule is COCCC1(NCc2cncs2)CCCC1. The molecular formula is C12H20N2OS. The van der Waals surface area contributed by atoms with Gasteiger partial charge in [-0.2, -0.15) is 0 Å². The summed E-state index contributed by atoms with van der Waals surface area (Å²) in [6.07, 6.45) is 8.35. The summed E-state index contributed by atoms with van der Waals surface area (Å²) in [5.41, 5.74) is 2.22. The number of ether oxygens (including phenoxy) is 1. The second-order valence-corrected chi connectivity index (χ2v) is 5.52. The Kier molecular flexibility index (Phi) is 4.32. The minimum atomic E-state index is 0.319. The Morgan fingerprint density at radius 1 is 1.50 bits per heavy atom. The molecular weight excluding hydrogens is 220 g/mol. The Morgan fingerprint density at radius 2 is 2.31 bits per heavy atom. The van der Waals surface area contributed by atoms with E-state index in [-0.39, 0.29) is 0 Å². The van der Waals surface area contributed by atoms with Crippen molar-refractivity contribution in [3.63, 3.8) is 0 Å². The number of hydrogen-bond donors (Lipinski definition) is 1. The molecule has 1 heterocycles. The molecule has 0 spiro atoms. The molecule has 0 aromatic carbocycles. The highest BCUT2D eigenvalue weighted by molar-refractivity contribution is 7.09. The fraction of sp³-hybridized carbons (Fsp3) is 0.750. The first-order chi connectivity index (χ1) is 7.85. The zero-order valence-electron chi connectivity index (χ0n) is 9.87. The van der Waals surface area contributed by atoms with E-state index in [9.17, 15) is 0 Å². The van der Waals surface area contributed by atoms with E-state index in [2.05, 4.69) is 10.3 Å². The molecule has 0 aliphatic heterocycles. The van der Waals surface area contributed by atoms with Crippen LogP contribution < -0.4 is 5.32 Å². The standard InChI is InChI=1S/C12H20N2OS/c1-15-7-6-12(4-2-3-5-12)14-9-11-8-13-10-16-11/h8,10,14H,2-7,9H2,1H3. The van der Waals surface area contributed by atoms with E-state index in [1.165, 1.54) is 30.6 Å². The maximum Gasteiger partial charge on any atom is 0.0794 e. The molecule has 0 amide bonds. The second kappa shape index (κ2) is 5.75. The van der Waals surface area contributed by atoms with Crippen molar-refractivity contribution >= 4 is 11.3 Å². The number of hydrogen-bond acceptors (Lipinski definition) is 4. The predicted octanol–water partition coefficient (Wildman–Crippen LogP) is 2.58. The average Bonchev–Trinajstić information content (AvgIpc) is 2.96. The summed E-state index contributed by atoms with van der Waals surface area (Å²) in [5.74, 6) is 0. The molecule has 1 N–H and O–H groups in total. The molecule has 1 aliphatic rings. The third kappa shape index (κ3) is 3.03. The fourth-order valence-electron chi connectivity index (χ4n) is 2.47. The first-order valence-corrected chi connectivity index (χ1v) is 6.84. The molecule has 2 rings (SSSR count). The van der Waals surface area contributed by atoms with Gasteiger partial charge < -0.3 is 10.1 Å². The first-order valence-electron chi connectivity index (χ1n) is 5.96. The number of rotatable bonds is 6. The molecule has 0 saturated heterocycles. The molecule has 1 saturated carbocycles. The van der Waals surface area contributed by atoms with Gasteiger partial charge in [0, 0.05) is 36.9 Å². The molecule has 1 fully saturated rings. The van der Waals surface area contributed by atoms with Crippen LogP contribution in [0.5, 0.6) is 0 Å². The largest absolute Gasteiger partial charge is 0.385 e. The maximum absolute atomic E-state index is 5.22. The van der Waals surface area contributed by atoms with Crippen LogP contribution in [0.2, 0.25) is 0 Å². The van der Waals surface area contributed by atoms with Gasteiger partial charge in [0.2, 0.25) is 0 Å². The summed E-state index contributed by atoms with van der Waals surface area (Å²) >= 11 is 1.72. The van der Waals surface area contributed by atoms with Crippen LogP contribution in [0.4, 0.5) is 0 Å². The van der Waals surface area contributed by atoms with Crippen LogP contribution in [0.3, 0.4) is 0 Å². The monoisotopic (exact) mass is 240 g/mol. The average molecular weight is 240 g/mol. The lowest BCUT2D eigenvalue weighted by Crippen LogP contribution is -2.42. The molecule has 4 heteroatoms. The molecule has 0 radical (unpaired) electrons. The minimum absolute atomic E-state index is 0.319. The molecule has 0 atom stereocenters. The van der Waals surface area contributed by atoms with Gasteiger partial charge in [0.05, 0.1) is 5.51 Å². The quantitative estimate of drug-likeness (QED) is 0.830. The first kappa shape index (κ1) is 12.0. The smallest absolute Gasteiger partial charge is 0.0794 e. The number of thiazole rings is 1. The molecule has 1 aliphatic carbocycles. The van der Waals surface area contributed by atoms with E-state index in [0.717, 1.165) is 19.6 Å². The highest BCUT2D eigenvalue weighted by Gasteiger charge is 2.32. The maximum atomic E-state index is 5.22. The van der Waals surface area contributed by atoms with Gasteiger partial charge in [-0.3, -0.25) is 4.98 Å². The van der Waals surface area contributed by atoms with Crippen LogP contribution >= 0.6 is 11.3 Å². The Labute approximate surface area is 101 Å². The summed E-state index contributed by atoms with van der Waals surface area (Å²) < 4.78 is 5.22. The number of aromatic nitrogens is 1. The van der Waals surface area contributed by atoms with Crippen molar-refractivity contribution in [3.05, 3.63) is 16.6 Å². The third-order valence-electron chi connectivity index (χ3n) is 3.47. The number of methoxy groups -OCH3 is 1. The Bertz CT molecular complexity index is 294. The third-order valence-corrected chi connectivity index (χ3v) is 4.25. The van der Waals surface area contributed by atoms with Gasteiger partial charge in [0.15, 0.2) is 0 Å². The van der Waals surface area contributed by atoms with E-state index >= 15 is 0 Å². The fourth-order valence-corrected chi connectivity index (χ4v) is 3.00. The second-order valence-electron chi connectivity index (χ2n) is 4.55. The summed E-state index contributed by atoms with van der Waals surface area (Å²) in [4.78, 5) is 5.43. The van der Waals surface area contributed by atoms with Crippen molar-refractivity contribution in [2.45, 2.75) is 44.2 Å². The Morgan fingerprint density at radius 3 is 2.94 bits per heavy atom. The van der Waals surface area contributed by atoms with E-state index in [4.69, 9.17) is 4.74 Å². The van der Waals surface area contributed by atoms with Gasteiger partial charge in [-0.05, 0) is 19.3 Å². The van der Waals surface area contributed by atoms with Gasteiger partial charge in [0.1, 0.15) is 0 Å². The summed E-state index contributed by atoms with van der Waals surface area (Å²) in [7, 11) is 1.78. The van der Waals surface area contributed by atoms with Gasteiger partial charge in [-0.1, -0.05) is 12.8 Å². The summed E-state index contributed by atoms with van der Waals surface area (Å²) in [6.45, 7) is 1.81. The van der Waals surface area contributed by atoms with Gasteiger partial charge in [-0.25, -0.2) is 0 Å². The van der Waals surface area contributed by atoms with E-state index < -0.39 is 0 Å². The van der Waals surface area contributed by atoms with Crippen molar-refractivity contribution < 1.29 is 4.74 Å². The number of nitrogens with one attached hydrogen (secondary N) is 1. The van der Waals surface area contributed by atoms with Crippen LogP contribution in [0.1, 0.15) is 37.0 Å². The lowest BCUT2D eigenvalue weighted by molar-refractivity contribution is 0.154. The highest BCUT2D eigenvalue weighted by Crippen LogP contribution is 2.33. The van der Waals surface area contributed by atoms with Crippen molar-refractivity contribution in [2.75, 3.05) is 13.7 Å². The zero-order chi connectivity index (χ0) is 11.3. The van der Waals surface area contributed by atoms with Crippen molar-refractivity contribution in [2.24, 2.45) is 0 Å². The van der Waals surface area contributed by atoms with Crippen molar-refractivity contribution in [1.29, 1.82) is 0 Å². The van der Waals surface area contributed by atoms with Crippen LogP contribution in [0, 0.1) is 0 Å². The predicted molar refractivity (Wildman–Crippen MR) is 66.6 cm³/mol. The molecule has 3 nitrogen and oxygen atoms in total. The van der Waals surface area contributed by atoms with Crippen molar-refractivity contribution in [1.82, 2.24) is 10.3 Å². The highest BCUT2D eigenvalue weighted by atomic mass is 32.1. The minimum Gasteiger partial charge on any atom is -0.385 e. The van der Waals surface area contributed by atoms with Crippen LogP contribution in [0.15, 0.2) is 11.7 Å².